The molecule has 0 aliphatic carbocycles. The van der Waals surface area contributed by atoms with Crippen LogP contribution >= 0.6 is 15.9 Å². The predicted molar refractivity (Wildman–Crippen MR) is 109 cm³/mol. The standard InChI is InChI=1S/C20H22BrN3O3/c1-14(16-6-2-3-7-17(16)21)22-20(25)15-10-12-23(13-11-15)18-8-4-5-9-19(18)24(26)27/h2-9,14-15H,10-13H2,1H3,(H,22,25)/t14-/m0/s1. The van der Waals surface area contributed by atoms with Gasteiger partial charge in [0.05, 0.1) is 11.0 Å². The number of nitro groups is 1. The number of nitro benzene ring substituents is 1. The summed E-state index contributed by atoms with van der Waals surface area (Å²) in [5, 5.41) is 14.3. The lowest BCUT2D eigenvalue weighted by Crippen LogP contribution is -2.41. The first kappa shape index (κ1) is 19.4. The van der Waals surface area contributed by atoms with Crippen LogP contribution in [0.1, 0.15) is 31.4 Å². The summed E-state index contributed by atoms with van der Waals surface area (Å²) in [5.41, 5.74) is 1.79. The van der Waals surface area contributed by atoms with Crippen LogP contribution < -0.4 is 10.2 Å². The molecule has 2 aromatic rings. The molecule has 1 aliphatic heterocycles. The molecule has 27 heavy (non-hydrogen) atoms. The van der Waals surface area contributed by atoms with Gasteiger partial charge in [0, 0.05) is 29.5 Å². The van der Waals surface area contributed by atoms with Crippen molar-refractivity contribution in [2.45, 2.75) is 25.8 Å². The van der Waals surface area contributed by atoms with E-state index in [1.54, 1.807) is 18.2 Å². The molecule has 0 unspecified atom stereocenters. The van der Waals surface area contributed by atoms with Crippen molar-refractivity contribution in [3.05, 3.63) is 68.7 Å². The number of piperidine rings is 1. The average molecular weight is 432 g/mol. The largest absolute Gasteiger partial charge is 0.366 e. The van der Waals surface area contributed by atoms with Crippen molar-refractivity contribution in [1.82, 2.24) is 5.32 Å². The van der Waals surface area contributed by atoms with Crippen LogP contribution in [0, 0.1) is 16.0 Å². The van der Waals surface area contributed by atoms with Gasteiger partial charge >= 0.3 is 0 Å². The molecule has 0 spiro atoms. The van der Waals surface area contributed by atoms with E-state index in [0.717, 1.165) is 10.0 Å². The van der Waals surface area contributed by atoms with Gasteiger partial charge < -0.3 is 10.2 Å². The summed E-state index contributed by atoms with van der Waals surface area (Å²) < 4.78 is 0.976. The van der Waals surface area contributed by atoms with Crippen molar-refractivity contribution in [1.29, 1.82) is 0 Å². The van der Waals surface area contributed by atoms with E-state index in [1.807, 2.05) is 36.1 Å². The molecule has 1 heterocycles. The highest BCUT2D eigenvalue weighted by atomic mass is 79.9. The second kappa shape index (κ2) is 8.52. The molecule has 1 saturated heterocycles. The number of nitrogens with one attached hydrogen (secondary N) is 1. The second-order valence-corrected chi connectivity index (χ2v) is 7.61. The Morgan fingerprint density at radius 3 is 2.48 bits per heavy atom. The van der Waals surface area contributed by atoms with Crippen LogP contribution in [-0.4, -0.2) is 23.9 Å². The van der Waals surface area contributed by atoms with Crippen molar-refractivity contribution >= 4 is 33.2 Å². The monoisotopic (exact) mass is 431 g/mol. The topological polar surface area (TPSA) is 75.5 Å². The van der Waals surface area contributed by atoms with E-state index in [1.165, 1.54) is 6.07 Å². The molecule has 1 amide bonds. The second-order valence-electron chi connectivity index (χ2n) is 6.76. The number of carbonyl (C=O) groups excluding carboxylic acids is 1. The Morgan fingerprint density at radius 2 is 1.81 bits per heavy atom. The van der Waals surface area contributed by atoms with Crippen LogP contribution in [0.5, 0.6) is 0 Å². The van der Waals surface area contributed by atoms with Gasteiger partial charge in [0.25, 0.3) is 5.69 Å². The molecule has 0 radical (unpaired) electrons. The summed E-state index contributed by atoms with van der Waals surface area (Å²) in [5.74, 6) is -0.0329. The zero-order valence-corrected chi connectivity index (χ0v) is 16.7. The molecule has 0 saturated carbocycles. The third kappa shape index (κ3) is 4.47. The van der Waals surface area contributed by atoms with Crippen molar-refractivity contribution in [2.75, 3.05) is 18.0 Å². The van der Waals surface area contributed by atoms with Gasteiger partial charge in [0.15, 0.2) is 0 Å². The summed E-state index contributed by atoms with van der Waals surface area (Å²) in [7, 11) is 0. The Morgan fingerprint density at radius 1 is 1.19 bits per heavy atom. The Kier molecular flexibility index (Phi) is 6.11. The molecule has 6 nitrogen and oxygen atoms in total. The Labute approximate surface area is 166 Å². The first-order valence-corrected chi connectivity index (χ1v) is 9.80. The Balaban J connectivity index is 1.60. The van der Waals surface area contributed by atoms with E-state index < -0.39 is 0 Å². The zero-order valence-electron chi connectivity index (χ0n) is 15.1. The minimum atomic E-state index is -0.354. The number of para-hydroxylation sites is 2. The average Bonchev–Trinajstić information content (AvgIpc) is 2.68. The molecule has 142 valence electrons. The van der Waals surface area contributed by atoms with E-state index in [2.05, 4.69) is 21.2 Å². The molecule has 2 aromatic carbocycles. The van der Waals surface area contributed by atoms with E-state index in [9.17, 15) is 14.9 Å². The van der Waals surface area contributed by atoms with Gasteiger partial charge in [0.2, 0.25) is 5.91 Å². The summed E-state index contributed by atoms with van der Waals surface area (Å²) in [6, 6.07) is 14.5. The summed E-state index contributed by atoms with van der Waals surface area (Å²) in [6.07, 6.45) is 1.36. The van der Waals surface area contributed by atoms with Gasteiger partial charge in [-0.15, -0.1) is 0 Å². The van der Waals surface area contributed by atoms with Crippen LogP contribution in [0.4, 0.5) is 11.4 Å². The molecule has 0 aromatic heterocycles. The fourth-order valence-corrected chi connectivity index (χ4v) is 4.13. The number of hydrogen-bond acceptors (Lipinski definition) is 4. The molecule has 7 heteroatoms. The summed E-state index contributed by atoms with van der Waals surface area (Å²) in [4.78, 5) is 25.5. The summed E-state index contributed by atoms with van der Waals surface area (Å²) in [6.45, 7) is 3.24. The summed E-state index contributed by atoms with van der Waals surface area (Å²) >= 11 is 3.52. The first-order chi connectivity index (χ1) is 13.0. The Bertz CT molecular complexity index is 835. The first-order valence-electron chi connectivity index (χ1n) is 9.00. The zero-order chi connectivity index (χ0) is 19.4. The van der Waals surface area contributed by atoms with Crippen molar-refractivity contribution in [3.63, 3.8) is 0 Å². The van der Waals surface area contributed by atoms with Crippen LogP contribution in [0.2, 0.25) is 0 Å². The molecular formula is C20H22BrN3O3. The van der Waals surface area contributed by atoms with Crippen molar-refractivity contribution in [2.24, 2.45) is 5.92 Å². The van der Waals surface area contributed by atoms with Crippen molar-refractivity contribution < 1.29 is 9.72 Å². The predicted octanol–water partition coefficient (Wildman–Crippen LogP) is 4.45. The molecular weight excluding hydrogens is 410 g/mol. The molecule has 0 bridgehead atoms. The highest BCUT2D eigenvalue weighted by Gasteiger charge is 2.28. The minimum Gasteiger partial charge on any atom is -0.366 e. The fourth-order valence-electron chi connectivity index (χ4n) is 3.50. The number of benzene rings is 2. The lowest BCUT2D eigenvalue weighted by atomic mass is 9.94. The number of halogens is 1. The van der Waals surface area contributed by atoms with Crippen LogP contribution in [0.3, 0.4) is 0 Å². The van der Waals surface area contributed by atoms with Gasteiger partial charge in [-0.25, -0.2) is 0 Å². The van der Waals surface area contributed by atoms with E-state index in [4.69, 9.17) is 0 Å². The highest BCUT2D eigenvalue weighted by Crippen LogP contribution is 2.31. The van der Waals surface area contributed by atoms with Gasteiger partial charge in [-0.2, -0.15) is 0 Å². The third-order valence-corrected chi connectivity index (χ3v) is 5.74. The number of nitrogens with zero attached hydrogens (tertiary/aromatic N) is 2. The van der Waals surface area contributed by atoms with E-state index in [0.29, 0.717) is 31.6 Å². The van der Waals surface area contributed by atoms with E-state index >= 15 is 0 Å². The maximum atomic E-state index is 12.7. The van der Waals surface area contributed by atoms with Crippen molar-refractivity contribution in [3.8, 4) is 0 Å². The molecule has 3 rings (SSSR count). The van der Waals surface area contributed by atoms with Crippen LogP contribution in [0.15, 0.2) is 53.0 Å². The number of hydrogen-bond donors (Lipinski definition) is 1. The van der Waals surface area contributed by atoms with Gasteiger partial charge in [0.1, 0.15) is 5.69 Å². The maximum absolute atomic E-state index is 12.7. The third-order valence-electron chi connectivity index (χ3n) is 5.02. The number of anilines is 1. The lowest BCUT2D eigenvalue weighted by Gasteiger charge is -2.33. The molecule has 1 atom stereocenters. The molecule has 1 fully saturated rings. The van der Waals surface area contributed by atoms with Gasteiger partial charge in [-0.3, -0.25) is 14.9 Å². The van der Waals surface area contributed by atoms with Gasteiger partial charge in [-0.05, 0) is 37.5 Å². The highest BCUT2D eigenvalue weighted by molar-refractivity contribution is 9.10. The van der Waals surface area contributed by atoms with Crippen LogP contribution in [0.25, 0.3) is 0 Å². The quantitative estimate of drug-likeness (QED) is 0.560. The van der Waals surface area contributed by atoms with Gasteiger partial charge in [-0.1, -0.05) is 46.3 Å². The maximum Gasteiger partial charge on any atom is 0.292 e. The number of amides is 1. The van der Waals surface area contributed by atoms with E-state index in [-0.39, 0.29) is 28.5 Å². The molecule has 1 N–H and O–H groups in total. The fraction of sp³-hybridized carbons (Fsp3) is 0.350. The number of carbonyl (C=O) groups is 1. The normalized spacial score (nSPS) is 16.0. The lowest BCUT2D eigenvalue weighted by molar-refractivity contribution is -0.384. The smallest absolute Gasteiger partial charge is 0.292 e. The SMILES string of the molecule is C[C@H](NC(=O)C1CCN(c2ccccc2[N+](=O)[O-])CC1)c1ccccc1Br. The minimum absolute atomic E-state index is 0.0421. The molecule has 1 aliphatic rings. The Hall–Kier alpha value is -2.41. The van der Waals surface area contributed by atoms with Crippen LogP contribution in [-0.2, 0) is 4.79 Å². The number of rotatable bonds is 5.